The zero-order valence-corrected chi connectivity index (χ0v) is 17.6. The van der Waals surface area contributed by atoms with E-state index in [1.807, 2.05) is 0 Å². The number of aromatic nitrogens is 3. The normalized spacial score (nSPS) is 11.5. The van der Waals surface area contributed by atoms with E-state index in [2.05, 4.69) is 20.0 Å². The first-order valence-corrected chi connectivity index (χ1v) is 10.8. The molecule has 0 radical (unpaired) electrons. The van der Waals surface area contributed by atoms with Gasteiger partial charge in [0.15, 0.2) is 0 Å². The Morgan fingerprint density at radius 2 is 1.77 bits per heavy atom. The van der Waals surface area contributed by atoms with Crippen LogP contribution in [0.3, 0.4) is 0 Å². The number of hydrogen-bond donors (Lipinski definition) is 2. The van der Waals surface area contributed by atoms with Crippen molar-refractivity contribution in [3.63, 3.8) is 0 Å². The largest absolute Gasteiger partial charge is 0.340 e. The van der Waals surface area contributed by atoms with Gasteiger partial charge in [0, 0.05) is 30.5 Å². The minimum absolute atomic E-state index is 0.0233. The number of carbonyl (C=O) groups excluding carboxylic acids is 1. The van der Waals surface area contributed by atoms with Gasteiger partial charge in [-0.05, 0) is 48.5 Å². The molecule has 0 saturated heterocycles. The van der Waals surface area contributed by atoms with Crippen molar-refractivity contribution in [1.29, 1.82) is 0 Å². The van der Waals surface area contributed by atoms with Crippen LogP contribution in [0.25, 0.3) is 10.9 Å². The van der Waals surface area contributed by atoms with E-state index in [9.17, 15) is 17.6 Å². The summed E-state index contributed by atoms with van der Waals surface area (Å²) in [5.41, 5.74) is 1.25. The summed E-state index contributed by atoms with van der Waals surface area (Å²) in [4.78, 5) is 20.3. The molecule has 2 aromatic heterocycles. The van der Waals surface area contributed by atoms with Gasteiger partial charge in [0.25, 0.3) is 15.9 Å². The highest BCUT2D eigenvalue weighted by molar-refractivity contribution is 7.92. The SMILES string of the molecule is Cn1c(C(=O)Nc2ccc(S(=O)(=O)Nc3ncccn3)cc2)cc2c(Cl)c(F)ccc21. The molecule has 4 aromatic rings. The van der Waals surface area contributed by atoms with Crippen molar-refractivity contribution in [1.82, 2.24) is 14.5 Å². The Balaban J connectivity index is 1.54. The molecule has 31 heavy (non-hydrogen) atoms. The summed E-state index contributed by atoms with van der Waals surface area (Å²) in [6, 6.07) is 11.4. The average molecular weight is 460 g/mol. The Hall–Kier alpha value is -3.50. The number of halogens is 2. The molecule has 2 aromatic carbocycles. The summed E-state index contributed by atoms with van der Waals surface area (Å²) in [6.45, 7) is 0. The van der Waals surface area contributed by atoms with Gasteiger partial charge in [-0.2, -0.15) is 0 Å². The molecule has 2 N–H and O–H groups in total. The highest BCUT2D eigenvalue weighted by atomic mass is 35.5. The summed E-state index contributed by atoms with van der Waals surface area (Å²) in [5.74, 6) is -1.08. The van der Waals surface area contributed by atoms with Crippen LogP contribution >= 0.6 is 11.6 Å². The second-order valence-corrected chi connectivity index (χ2v) is 8.60. The summed E-state index contributed by atoms with van der Waals surface area (Å²) >= 11 is 6.00. The molecule has 8 nitrogen and oxygen atoms in total. The summed E-state index contributed by atoms with van der Waals surface area (Å²) in [5, 5.41) is 3.05. The number of nitrogens with zero attached hydrogens (tertiary/aromatic N) is 3. The molecule has 0 aliphatic carbocycles. The fourth-order valence-electron chi connectivity index (χ4n) is 3.01. The molecule has 4 rings (SSSR count). The number of hydrogen-bond acceptors (Lipinski definition) is 5. The Labute approximate surface area is 181 Å². The maximum Gasteiger partial charge on any atom is 0.272 e. The van der Waals surface area contributed by atoms with Crippen molar-refractivity contribution >= 4 is 50.1 Å². The molecule has 0 fully saturated rings. The highest BCUT2D eigenvalue weighted by Gasteiger charge is 2.18. The molecular weight excluding hydrogens is 445 g/mol. The number of rotatable bonds is 5. The molecule has 1 amide bonds. The van der Waals surface area contributed by atoms with Gasteiger partial charge in [0.2, 0.25) is 5.95 Å². The predicted molar refractivity (Wildman–Crippen MR) is 115 cm³/mol. The zero-order valence-electron chi connectivity index (χ0n) is 16.0. The quantitative estimate of drug-likeness (QED) is 0.472. The molecule has 0 aliphatic heterocycles. The standard InChI is InChI=1S/C20H15ClFN5O3S/c1-27-16-8-7-15(22)18(21)14(16)11-17(27)19(28)25-12-3-5-13(6-4-12)31(29,30)26-20-23-9-2-10-24-20/h2-11H,1H3,(H,25,28)(H,23,24,26). The van der Waals surface area contributed by atoms with Crippen LogP contribution in [-0.4, -0.2) is 28.9 Å². The van der Waals surface area contributed by atoms with E-state index in [0.29, 0.717) is 16.6 Å². The number of anilines is 2. The Kier molecular flexibility index (Phi) is 5.34. The number of benzene rings is 2. The number of nitrogens with one attached hydrogen (secondary N) is 2. The van der Waals surface area contributed by atoms with Crippen molar-refractivity contribution in [2.45, 2.75) is 4.90 Å². The van der Waals surface area contributed by atoms with Crippen LogP contribution in [0.5, 0.6) is 0 Å². The second kappa shape index (κ2) is 7.97. The number of fused-ring (bicyclic) bond motifs is 1. The van der Waals surface area contributed by atoms with E-state index in [1.54, 1.807) is 17.7 Å². The van der Waals surface area contributed by atoms with Gasteiger partial charge < -0.3 is 9.88 Å². The molecule has 0 bridgehead atoms. The van der Waals surface area contributed by atoms with Crippen molar-refractivity contribution in [3.05, 3.63) is 77.5 Å². The van der Waals surface area contributed by atoms with Gasteiger partial charge in [0.1, 0.15) is 11.5 Å². The lowest BCUT2D eigenvalue weighted by atomic mass is 10.2. The van der Waals surface area contributed by atoms with Crippen molar-refractivity contribution in [2.24, 2.45) is 7.05 Å². The Morgan fingerprint density at radius 3 is 2.45 bits per heavy atom. The molecule has 2 heterocycles. The summed E-state index contributed by atoms with van der Waals surface area (Å²) in [6.07, 6.45) is 2.83. The number of aryl methyl sites for hydroxylation is 1. The number of sulfonamides is 1. The van der Waals surface area contributed by atoms with Gasteiger partial charge >= 0.3 is 0 Å². The van der Waals surface area contributed by atoms with E-state index < -0.39 is 21.7 Å². The molecule has 11 heteroatoms. The lowest BCUT2D eigenvalue weighted by molar-refractivity contribution is 0.101. The minimum Gasteiger partial charge on any atom is -0.340 e. The van der Waals surface area contributed by atoms with Crippen LogP contribution in [0, 0.1) is 5.82 Å². The molecule has 0 saturated carbocycles. The van der Waals surface area contributed by atoms with Gasteiger partial charge in [0.05, 0.1) is 15.4 Å². The predicted octanol–water partition coefficient (Wildman–Crippen LogP) is 3.81. The van der Waals surface area contributed by atoms with E-state index in [1.165, 1.54) is 54.9 Å². The van der Waals surface area contributed by atoms with Gasteiger partial charge in [-0.1, -0.05) is 11.6 Å². The van der Waals surface area contributed by atoms with Crippen molar-refractivity contribution < 1.29 is 17.6 Å². The first-order valence-electron chi connectivity index (χ1n) is 8.91. The second-order valence-electron chi connectivity index (χ2n) is 6.54. The maximum absolute atomic E-state index is 13.7. The van der Waals surface area contributed by atoms with Crippen molar-refractivity contribution in [3.8, 4) is 0 Å². The lowest BCUT2D eigenvalue weighted by Gasteiger charge is -2.09. The Morgan fingerprint density at radius 1 is 1.10 bits per heavy atom. The third kappa shape index (κ3) is 4.07. The van der Waals surface area contributed by atoms with E-state index >= 15 is 0 Å². The third-order valence-corrected chi connectivity index (χ3v) is 6.29. The van der Waals surface area contributed by atoms with Gasteiger partial charge in [-0.25, -0.2) is 27.5 Å². The van der Waals surface area contributed by atoms with Crippen LogP contribution in [-0.2, 0) is 17.1 Å². The molecule has 0 aliphatic rings. The van der Waals surface area contributed by atoms with Crippen LogP contribution in [0.15, 0.2) is 65.8 Å². The molecule has 158 valence electrons. The monoisotopic (exact) mass is 459 g/mol. The van der Waals surface area contributed by atoms with Crippen LogP contribution in [0.1, 0.15) is 10.5 Å². The summed E-state index contributed by atoms with van der Waals surface area (Å²) in [7, 11) is -2.22. The molecule has 0 unspecified atom stereocenters. The Bertz CT molecular complexity index is 1390. The average Bonchev–Trinajstić information content (AvgIpc) is 3.09. The molecule has 0 atom stereocenters. The first kappa shape index (κ1) is 20.8. The lowest BCUT2D eigenvalue weighted by Crippen LogP contribution is -2.16. The van der Waals surface area contributed by atoms with E-state index in [0.717, 1.165) is 0 Å². The topological polar surface area (TPSA) is 106 Å². The first-order chi connectivity index (χ1) is 14.8. The van der Waals surface area contributed by atoms with Crippen LogP contribution < -0.4 is 10.0 Å². The fourth-order valence-corrected chi connectivity index (χ4v) is 4.18. The number of amides is 1. The summed E-state index contributed by atoms with van der Waals surface area (Å²) < 4.78 is 42.4. The minimum atomic E-state index is -3.89. The van der Waals surface area contributed by atoms with Gasteiger partial charge in [-0.3, -0.25) is 4.79 Å². The highest BCUT2D eigenvalue weighted by Crippen LogP contribution is 2.29. The smallest absolute Gasteiger partial charge is 0.272 e. The van der Waals surface area contributed by atoms with E-state index in [-0.39, 0.29) is 21.6 Å². The zero-order chi connectivity index (χ0) is 22.2. The maximum atomic E-state index is 13.7. The third-order valence-electron chi connectivity index (χ3n) is 4.56. The van der Waals surface area contributed by atoms with Crippen LogP contribution in [0.2, 0.25) is 5.02 Å². The van der Waals surface area contributed by atoms with Crippen LogP contribution in [0.4, 0.5) is 16.0 Å². The number of carbonyl (C=O) groups is 1. The molecule has 0 spiro atoms. The fraction of sp³-hybridized carbons (Fsp3) is 0.0500. The van der Waals surface area contributed by atoms with Crippen molar-refractivity contribution in [2.75, 3.05) is 10.0 Å². The molecular formula is C20H15ClFN5O3S. The van der Waals surface area contributed by atoms with E-state index in [4.69, 9.17) is 11.6 Å². The van der Waals surface area contributed by atoms with Gasteiger partial charge in [-0.15, -0.1) is 0 Å².